The molecule has 20 heavy (non-hydrogen) atoms. The summed E-state index contributed by atoms with van der Waals surface area (Å²) in [5.41, 5.74) is 3.97. The van der Waals surface area contributed by atoms with E-state index in [4.69, 9.17) is 4.74 Å². The zero-order chi connectivity index (χ0) is 14.5. The maximum Gasteiger partial charge on any atom is 0.252 e. The fraction of sp³-hybridized carbons (Fsp3) is 0.471. The first-order chi connectivity index (χ1) is 9.47. The molecule has 1 N–H and O–H groups in total. The summed E-state index contributed by atoms with van der Waals surface area (Å²) in [5.74, 6) is 1.49. The van der Waals surface area contributed by atoms with Crippen LogP contribution in [0.25, 0.3) is 5.57 Å². The third-order valence-corrected chi connectivity index (χ3v) is 4.85. The lowest BCUT2D eigenvalue weighted by molar-refractivity contribution is -0.116. The molecule has 1 heterocycles. The van der Waals surface area contributed by atoms with E-state index in [1.807, 2.05) is 25.1 Å². The number of nitrogens with one attached hydrogen (secondary N) is 1. The van der Waals surface area contributed by atoms with Gasteiger partial charge in [0.25, 0.3) is 5.91 Å². The van der Waals surface area contributed by atoms with Gasteiger partial charge in [0.1, 0.15) is 5.75 Å². The number of carbonyl (C=O) groups excluding carboxylic acids is 1. The summed E-state index contributed by atoms with van der Waals surface area (Å²) in [4.78, 5) is 12.4. The second kappa shape index (κ2) is 4.37. The zero-order valence-corrected chi connectivity index (χ0v) is 12.5. The number of amides is 1. The van der Waals surface area contributed by atoms with E-state index < -0.39 is 0 Å². The number of ether oxygens (including phenoxy) is 1. The lowest BCUT2D eigenvalue weighted by Gasteiger charge is -2.26. The molecule has 1 atom stereocenters. The summed E-state index contributed by atoms with van der Waals surface area (Å²) in [5, 5.41) is 3.20. The van der Waals surface area contributed by atoms with Gasteiger partial charge in [0.05, 0.1) is 12.6 Å². The normalized spacial score (nSPS) is 25.9. The average molecular weight is 271 g/mol. The third kappa shape index (κ3) is 1.84. The molecule has 1 unspecified atom stereocenters. The molecule has 3 heteroatoms. The third-order valence-electron chi connectivity index (χ3n) is 4.85. The molecular weight excluding hydrogens is 250 g/mol. The van der Waals surface area contributed by atoms with Gasteiger partial charge in [0.15, 0.2) is 0 Å². The van der Waals surface area contributed by atoms with Crippen molar-refractivity contribution >= 4 is 11.5 Å². The van der Waals surface area contributed by atoms with Crippen molar-refractivity contribution in [2.24, 2.45) is 5.92 Å². The van der Waals surface area contributed by atoms with E-state index in [1.54, 1.807) is 7.11 Å². The van der Waals surface area contributed by atoms with Crippen LogP contribution in [0, 0.1) is 12.8 Å². The SMILES string of the molecule is COc1ccc(C2=C(C)C(C)(C3CC3)NC2=O)c(C)c1. The number of aryl methyl sites for hydroxylation is 1. The van der Waals surface area contributed by atoms with E-state index in [0.717, 1.165) is 22.4 Å². The Labute approximate surface area is 120 Å². The molecule has 3 rings (SSSR count). The zero-order valence-electron chi connectivity index (χ0n) is 12.5. The van der Waals surface area contributed by atoms with E-state index >= 15 is 0 Å². The first-order valence-corrected chi connectivity index (χ1v) is 7.16. The van der Waals surface area contributed by atoms with Gasteiger partial charge in [-0.2, -0.15) is 0 Å². The largest absolute Gasteiger partial charge is 0.497 e. The quantitative estimate of drug-likeness (QED) is 0.917. The second-order valence-corrected chi connectivity index (χ2v) is 6.11. The van der Waals surface area contributed by atoms with Crippen molar-refractivity contribution in [2.45, 2.75) is 39.2 Å². The fourth-order valence-electron chi connectivity index (χ4n) is 3.26. The Morgan fingerprint density at radius 2 is 2.00 bits per heavy atom. The first-order valence-electron chi connectivity index (χ1n) is 7.16. The Kier molecular flexibility index (Phi) is 2.89. The van der Waals surface area contributed by atoms with Gasteiger partial charge in [-0.15, -0.1) is 0 Å². The van der Waals surface area contributed by atoms with Gasteiger partial charge in [-0.3, -0.25) is 4.79 Å². The van der Waals surface area contributed by atoms with Gasteiger partial charge in [0.2, 0.25) is 0 Å². The standard InChI is InChI=1S/C17H21NO2/c1-10-9-13(20-4)7-8-14(10)15-11(2)17(3,12-5-6-12)18-16(15)19/h7-9,12H,5-6H2,1-4H3,(H,18,19). The van der Waals surface area contributed by atoms with Gasteiger partial charge in [0, 0.05) is 5.57 Å². The summed E-state index contributed by atoms with van der Waals surface area (Å²) in [7, 11) is 1.66. The number of benzene rings is 1. The Hall–Kier alpha value is -1.77. The minimum absolute atomic E-state index is 0.0603. The molecule has 1 aliphatic heterocycles. The predicted molar refractivity (Wildman–Crippen MR) is 79.6 cm³/mol. The second-order valence-electron chi connectivity index (χ2n) is 6.11. The highest BCUT2D eigenvalue weighted by Crippen LogP contribution is 2.48. The van der Waals surface area contributed by atoms with Crippen molar-refractivity contribution in [1.29, 1.82) is 0 Å². The molecule has 0 spiro atoms. The van der Waals surface area contributed by atoms with Crippen LogP contribution in [0.5, 0.6) is 5.75 Å². The van der Waals surface area contributed by atoms with Crippen LogP contribution in [0.1, 0.15) is 37.8 Å². The Balaban J connectivity index is 2.08. The average Bonchev–Trinajstić information content (AvgIpc) is 3.22. The van der Waals surface area contributed by atoms with Crippen LogP contribution < -0.4 is 10.1 Å². The van der Waals surface area contributed by atoms with Crippen molar-refractivity contribution in [1.82, 2.24) is 5.32 Å². The van der Waals surface area contributed by atoms with Crippen LogP contribution in [-0.2, 0) is 4.79 Å². The summed E-state index contributed by atoms with van der Waals surface area (Å²) in [6, 6.07) is 5.89. The molecule has 3 nitrogen and oxygen atoms in total. The van der Waals surface area contributed by atoms with Crippen LogP contribution in [0.3, 0.4) is 0 Å². The molecule has 0 bridgehead atoms. The number of methoxy groups -OCH3 is 1. The minimum atomic E-state index is -0.154. The number of rotatable bonds is 3. The topological polar surface area (TPSA) is 38.3 Å². The minimum Gasteiger partial charge on any atom is -0.497 e. The van der Waals surface area contributed by atoms with Crippen molar-refractivity contribution in [3.8, 4) is 5.75 Å². The van der Waals surface area contributed by atoms with Crippen LogP contribution in [0.2, 0.25) is 0 Å². The van der Waals surface area contributed by atoms with Gasteiger partial charge in [-0.25, -0.2) is 0 Å². The fourth-order valence-corrected chi connectivity index (χ4v) is 3.26. The first kappa shape index (κ1) is 13.2. The summed E-state index contributed by atoms with van der Waals surface area (Å²) in [6.45, 7) is 6.27. The smallest absolute Gasteiger partial charge is 0.252 e. The van der Waals surface area contributed by atoms with Crippen molar-refractivity contribution in [3.05, 3.63) is 34.9 Å². The molecule has 0 aromatic heterocycles. The van der Waals surface area contributed by atoms with Gasteiger partial charge >= 0.3 is 0 Å². The maximum atomic E-state index is 12.4. The molecule has 0 radical (unpaired) electrons. The Morgan fingerprint density at radius 1 is 1.30 bits per heavy atom. The summed E-state index contributed by atoms with van der Waals surface area (Å²) >= 11 is 0. The lowest BCUT2D eigenvalue weighted by atomic mass is 9.86. The monoisotopic (exact) mass is 271 g/mol. The maximum absolute atomic E-state index is 12.4. The molecule has 1 saturated carbocycles. The predicted octanol–water partition coefficient (Wildman–Crippen LogP) is 3.08. The number of hydrogen-bond acceptors (Lipinski definition) is 2. The van der Waals surface area contributed by atoms with Gasteiger partial charge < -0.3 is 10.1 Å². The molecule has 1 aliphatic carbocycles. The van der Waals surface area contributed by atoms with Crippen LogP contribution in [-0.4, -0.2) is 18.6 Å². The summed E-state index contributed by atoms with van der Waals surface area (Å²) in [6.07, 6.45) is 2.42. The van der Waals surface area contributed by atoms with E-state index in [0.29, 0.717) is 5.92 Å². The molecule has 1 aromatic rings. The number of hydrogen-bond donors (Lipinski definition) is 1. The van der Waals surface area contributed by atoms with Crippen LogP contribution in [0.4, 0.5) is 0 Å². The molecule has 0 saturated heterocycles. The van der Waals surface area contributed by atoms with Crippen LogP contribution >= 0.6 is 0 Å². The van der Waals surface area contributed by atoms with E-state index in [-0.39, 0.29) is 11.4 Å². The van der Waals surface area contributed by atoms with E-state index in [1.165, 1.54) is 18.4 Å². The molecule has 1 aromatic carbocycles. The van der Waals surface area contributed by atoms with Crippen molar-refractivity contribution < 1.29 is 9.53 Å². The Bertz CT molecular complexity index is 613. The van der Waals surface area contributed by atoms with E-state index in [9.17, 15) is 4.79 Å². The highest BCUT2D eigenvalue weighted by molar-refractivity contribution is 6.24. The highest BCUT2D eigenvalue weighted by Gasteiger charge is 2.49. The van der Waals surface area contributed by atoms with E-state index in [2.05, 4.69) is 19.2 Å². The van der Waals surface area contributed by atoms with Crippen molar-refractivity contribution in [3.63, 3.8) is 0 Å². The molecular formula is C17H21NO2. The molecule has 2 aliphatic rings. The molecule has 1 amide bonds. The Morgan fingerprint density at radius 3 is 2.55 bits per heavy atom. The number of carbonyl (C=O) groups is 1. The van der Waals surface area contributed by atoms with Gasteiger partial charge in [-0.05, 0) is 68.4 Å². The van der Waals surface area contributed by atoms with Crippen molar-refractivity contribution in [2.75, 3.05) is 7.11 Å². The van der Waals surface area contributed by atoms with Crippen LogP contribution in [0.15, 0.2) is 23.8 Å². The molecule has 106 valence electrons. The lowest BCUT2D eigenvalue weighted by Crippen LogP contribution is -2.43. The highest BCUT2D eigenvalue weighted by atomic mass is 16.5. The van der Waals surface area contributed by atoms with Gasteiger partial charge in [-0.1, -0.05) is 6.07 Å². The summed E-state index contributed by atoms with van der Waals surface area (Å²) < 4.78 is 5.24. The molecule has 1 fully saturated rings.